The molecule has 2 rings (SSSR count). The van der Waals surface area contributed by atoms with E-state index in [0.717, 1.165) is 10.8 Å². The van der Waals surface area contributed by atoms with Crippen LogP contribution in [0.1, 0.15) is 22.4 Å². The van der Waals surface area contributed by atoms with Crippen LogP contribution in [0.2, 0.25) is 0 Å². The molecule has 0 amide bonds. The van der Waals surface area contributed by atoms with Crippen LogP contribution >= 0.6 is 11.8 Å². The smallest absolute Gasteiger partial charge is 0.141 e. The van der Waals surface area contributed by atoms with Crippen molar-refractivity contribution in [2.24, 2.45) is 5.73 Å². The lowest BCUT2D eigenvalue weighted by molar-refractivity contribution is 1.10. The van der Waals surface area contributed by atoms with Gasteiger partial charge in [0.15, 0.2) is 0 Å². The van der Waals surface area contributed by atoms with Crippen molar-refractivity contribution in [3.05, 3.63) is 58.8 Å². The molecule has 3 N–H and O–H groups in total. The number of thioether (sulfide) groups is 1. The minimum atomic E-state index is 0.00819. The van der Waals surface area contributed by atoms with Gasteiger partial charge in [0.1, 0.15) is 11.5 Å². The molecule has 3 nitrogen and oxygen atoms in total. The summed E-state index contributed by atoms with van der Waals surface area (Å²) in [6.07, 6.45) is 0. The number of hydrogen-bond donors (Lipinski definition) is 2. The number of hydrogen-bond acceptors (Lipinski definition) is 3. The number of amidine groups is 1. The molecule has 98 valence electrons. The van der Waals surface area contributed by atoms with E-state index in [1.807, 2.05) is 12.1 Å². The molecule has 2 aromatic rings. The average Bonchev–Trinajstić information content (AvgIpc) is 2.35. The molecule has 0 saturated heterocycles. The topological polar surface area (TPSA) is 62.8 Å². The summed E-state index contributed by atoms with van der Waals surface area (Å²) in [6.45, 7) is 4.21. The predicted octanol–water partition coefficient (Wildman–Crippen LogP) is 3.27. The predicted molar refractivity (Wildman–Crippen MR) is 80.7 cm³/mol. The Bertz CT molecular complexity index is 588. The summed E-state index contributed by atoms with van der Waals surface area (Å²) in [4.78, 5) is 4.35. The zero-order chi connectivity index (χ0) is 13.8. The van der Waals surface area contributed by atoms with E-state index in [-0.39, 0.29) is 5.84 Å². The maximum absolute atomic E-state index is 7.39. The number of nitrogen functional groups attached to an aromatic ring is 1. The number of aromatic nitrogens is 1. The van der Waals surface area contributed by atoms with Crippen LogP contribution in [0.25, 0.3) is 0 Å². The second-order valence-corrected chi connectivity index (χ2v) is 5.56. The summed E-state index contributed by atoms with van der Waals surface area (Å²) in [5.41, 5.74) is 9.82. The molecule has 1 aromatic heterocycles. The van der Waals surface area contributed by atoms with Crippen molar-refractivity contribution in [1.29, 1.82) is 5.41 Å². The fraction of sp³-hybridized carbons (Fsp3) is 0.200. The maximum atomic E-state index is 7.39. The molecule has 0 aliphatic rings. The Morgan fingerprint density at radius 1 is 1.21 bits per heavy atom. The Hall–Kier alpha value is -1.81. The second-order valence-electron chi connectivity index (χ2n) is 4.56. The fourth-order valence-electron chi connectivity index (χ4n) is 1.95. The van der Waals surface area contributed by atoms with Crippen molar-refractivity contribution in [2.75, 3.05) is 0 Å². The molecule has 19 heavy (non-hydrogen) atoms. The van der Waals surface area contributed by atoms with Crippen molar-refractivity contribution in [3.8, 4) is 0 Å². The number of benzene rings is 1. The van der Waals surface area contributed by atoms with Gasteiger partial charge in [-0.2, -0.15) is 0 Å². The quantitative estimate of drug-likeness (QED) is 0.509. The van der Waals surface area contributed by atoms with Gasteiger partial charge in [0.05, 0.1) is 5.03 Å². The molecular formula is C15H17N3S. The van der Waals surface area contributed by atoms with Crippen LogP contribution in [0.4, 0.5) is 0 Å². The summed E-state index contributed by atoms with van der Waals surface area (Å²) in [6, 6.07) is 12.1. The van der Waals surface area contributed by atoms with Crippen molar-refractivity contribution < 1.29 is 0 Å². The van der Waals surface area contributed by atoms with E-state index in [1.165, 1.54) is 16.7 Å². The zero-order valence-electron chi connectivity index (χ0n) is 11.1. The van der Waals surface area contributed by atoms with Gasteiger partial charge in [0.25, 0.3) is 0 Å². The molecule has 4 heteroatoms. The fourth-order valence-corrected chi connectivity index (χ4v) is 2.77. The largest absolute Gasteiger partial charge is 0.382 e. The molecule has 0 unspecified atom stereocenters. The highest BCUT2D eigenvalue weighted by atomic mass is 32.2. The Kier molecular flexibility index (Phi) is 4.22. The van der Waals surface area contributed by atoms with Crippen LogP contribution in [0.5, 0.6) is 0 Å². The highest BCUT2D eigenvalue weighted by Gasteiger charge is 2.02. The summed E-state index contributed by atoms with van der Waals surface area (Å²) < 4.78 is 0. The van der Waals surface area contributed by atoms with Crippen LogP contribution in [-0.2, 0) is 5.75 Å². The number of nitrogens with two attached hydrogens (primary N) is 1. The number of nitrogens with zero attached hydrogens (tertiary/aromatic N) is 1. The first-order valence-electron chi connectivity index (χ1n) is 6.06. The molecule has 0 saturated carbocycles. The summed E-state index contributed by atoms with van der Waals surface area (Å²) >= 11 is 1.66. The normalized spacial score (nSPS) is 10.4. The molecule has 0 bridgehead atoms. The molecule has 1 heterocycles. The molecular weight excluding hydrogens is 254 g/mol. The van der Waals surface area contributed by atoms with E-state index in [4.69, 9.17) is 11.1 Å². The average molecular weight is 271 g/mol. The van der Waals surface area contributed by atoms with Crippen molar-refractivity contribution >= 4 is 17.6 Å². The van der Waals surface area contributed by atoms with Gasteiger partial charge in [-0.3, -0.25) is 5.41 Å². The van der Waals surface area contributed by atoms with Crippen LogP contribution < -0.4 is 5.73 Å². The van der Waals surface area contributed by atoms with Crippen molar-refractivity contribution in [3.63, 3.8) is 0 Å². The molecule has 0 radical (unpaired) electrons. The third kappa shape index (κ3) is 3.83. The molecule has 0 aliphatic heterocycles. The number of aryl methyl sites for hydroxylation is 2. The van der Waals surface area contributed by atoms with Gasteiger partial charge in [-0.25, -0.2) is 4.98 Å². The number of nitrogens with one attached hydrogen (secondary N) is 1. The van der Waals surface area contributed by atoms with E-state index in [0.29, 0.717) is 5.69 Å². The molecule has 0 fully saturated rings. The summed E-state index contributed by atoms with van der Waals surface area (Å²) in [7, 11) is 0. The van der Waals surface area contributed by atoms with Gasteiger partial charge in [-0.1, -0.05) is 35.4 Å². The van der Waals surface area contributed by atoms with Crippen LogP contribution in [0.15, 0.2) is 41.4 Å². The Balaban J connectivity index is 2.10. The van der Waals surface area contributed by atoms with E-state index >= 15 is 0 Å². The van der Waals surface area contributed by atoms with Gasteiger partial charge in [-0.05, 0) is 31.5 Å². The zero-order valence-corrected chi connectivity index (χ0v) is 11.9. The van der Waals surface area contributed by atoms with Crippen LogP contribution in [0.3, 0.4) is 0 Å². The maximum Gasteiger partial charge on any atom is 0.141 e. The van der Waals surface area contributed by atoms with Gasteiger partial charge >= 0.3 is 0 Å². The minimum Gasteiger partial charge on any atom is -0.382 e. The Morgan fingerprint density at radius 2 is 1.89 bits per heavy atom. The van der Waals surface area contributed by atoms with Gasteiger partial charge in [-0.15, -0.1) is 11.8 Å². The van der Waals surface area contributed by atoms with E-state index in [1.54, 1.807) is 17.8 Å². The highest BCUT2D eigenvalue weighted by Crippen LogP contribution is 2.22. The van der Waals surface area contributed by atoms with Gasteiger partial charge in [0, 0.05) is 5.75 Å². The third-order valence-electron chi connectivity index (χ3n) is 2.67. The Labute approximate surface area is 117 Å². The van der Waals surface area contributed by atoms with Crippen molar-refractivity contribution in [2.45, 2.75) is 24.6 Å². The molecule has 1 aromatic carbocycles. The van der Waals surface area contributed by atoms with Crippen LogP contribution in [0, 0.1) is 19.3 Å². The first-order valence-corrected chi connectivity index (χ1v) is 7.04. The lowest BCUT2D eigenvalue weighted by Crippen LogP contribution is -2.13. The van der Waals surface area contributed by atoms with Crippen molar-refractivity contribution in [1.82, 2.24) is 4.98 Å². The van der Waals surface area contributed by atoms with E-state index in [2.05, 4.69) is 37.0 Å². The minimum absolute atomic E-state index is 0.00819. The SMILES string of the molecule is Cc1cc(C)cc(CSc2cccc(C(=N)N)n2)c1. The third-order valence-corrected chi connectivity index (χ3v) is 3.67. The molecule has 0 spiro atoms. The Morgan fingerprint density at radius 3 is 2.53 bits per heavy atom. The lowest BCUT2D eigenvalue weighted by Gasteiger charge is -2.05. The van der Waals surface area contributed by atoms with Gasteiger partial charge < -0.3 is 5.73 Å². The first-order chi connectivity index (χ1) is 9.04. The number of pyridine rings is 1. The first kappa shape index (κ1) is 13.6. The summed E-state index contributed by atoms with van der Waals surface area (Å²) in [5.74, 6) is 0.880. The van der Waals surface area contributed by atoms with E-state index < -0.39 is 0 Å². The highest BCUT2D eigenvalue weighted by molar-refractivity contribution is 7.98. The molecule has 0 aliphatic carbocycles. The summed E-state index contributed by atoms with van der Waals surface area (Å²) in [5, 5.41) is 8.29. The number of rotatable bonds is 4. The lowest BCUT2D eigenvalue weighted by atomic mass is 10.1. The van der Waals surface area contributed by atoms with Crippen LogP contribution in [-0.4, -0.2) is 10.8 Å². The van der Waals surface area contributed by atoms with E-state index in [9.17, 15) is 0 Å². The monoisotopic (exact) mass is 271 g/mol. The molecule has 0 atom stereocenters. The standard InChI is InChI=1S/C15H17N3S/c1-10-6-11(2)8-12(7-10)9-19-14-5-3-4-13(18-14)15(16)17/h3-8H,9H2,1-2H3,(H3,16,17). The van der Waals surface area contributed by atoms with Gasteiger partial charge in [0.2, 0.25) is 0 Å². The second kappa shape index (κ2) is 5.89.